The van der Waals surface area contributed by atoms with E-state index in [1.165, 1.54) is 11.3 Å². The number of halogens is 1. The summed E-state index contributed by atoms with van der Waals surface area (Å²) in [5, 5.41) is 10.4. The van der Waals surface area contributed by atoms with Gasteiger partial charge < -0.3 is 31.8 Å². The summed E-state index contributed by atoms with van der Waals surface area (Å²) >= 11 is 8.64. The lowest BCUT2D eigenvalue weighted by atomic mass is 10.1. The fourth-order valence-electron chi connectivity index (χ4n) is 2.08. The number of carbonyl (C=O) groups excluding carboxylic acids is 1. The molecule has 2 aromatic carbocycles. The number of benzene rings is 2. The molecule has 34 heavy (non-hydrogen) atoms. The Morgan fingerprint density at radius 2 is 1.62 bits per heavy atom. The first-order valence-electron chi connectivity index (χ1n) is 9.46. The third kappa shape index (κ3) is 14.4. The molecule has 0 saturated carbocycles. The summed E-state index contributed by atoms with van der Waals surface area (Å²) in [5.74, 6) is 1.60. The number of thiazole rings is 1. The molecule has 0 aliphatic rings. The van der Waals surface area contributed by atoms with E-state index in [-0.39, 0.29) is 24.9 Å². The minimum absolute atomic E-state index is 0. The highest BCUT2D eigenvalue weighted by Gasteiger charge is 2.04. The van der Waals surface area contributed by atoms with Gasteiger partial charge in [0.1, 0.15) is 11.5 Å². The van der Waals surface area contributed by atoms with Gasteiger partial charge in [0.05, 0.1) is 25.2 Å². The fourth-order valence-corrected chi connectivity index (χ4v) is 2.97. The smallest absolute Gasteiger partial charge is 0.180 e. The van der Waals surface area contributed by atoms with Crippen molar-refractivity contribution in [3.05, 3.63) is 59.5 Å². The zero-order chi connectivity index (χ0) is 25.2. The molecule has 0 spiro atoms. The molecule has 0 fully saturated rings. The standard InChI is InChI=1S/C10H10N2OS.C9H9BrO2.C2H6O.CH4N2S.CH4/c1-13-8-4-2-3-7(5-8)9-6-14-10(11)12-9;1-12-8-4-2-3-7(5-8)9(11)6-10;1-2-3;2-1(3)4;/h2-6H,1H3,(H2,11,12);2-5H,6H2,1H3;3H,2H2,1H3;(H4,2,3,4);1H4. The first-order valence-corrected chi connectivity index (χ1v) is 11.9. The second kappa shape index (κ2) is 19.7. The van der Waals surface area contributed by atoms with Crippen LogP contribution in [0, 0.1) is 0 Å². The van der Waals surface area contributed by atoms with Crippen molar-refractivity contribution in [2.24, 2.45) is 11.5 Å². The molecule has 1 aromatic heterocycles. The maximum Gasteiger partial charge on any atom is 0.180 e. The predicted molar refractivity (Wildman–Crippen MR) is 150 cm³/mol. The molecular formula is C23H33BrN4O4S2. The van der Waals surface area contributed by atoms with E-state index in [4.69, 9.17) is 20.3 Å². The number of ether oxygens (including phenoxy) is 2. The lowest BCUT2D eigenvalue weighted by Crippen LogP contribution is -2.18. The van der Waals surface area contributed by atoms with Crippen molar-refractivity contribution in [3.63, 3.8) is 0 Å². The largest absolute Gasteiger partial charge is 0.497 e. The lowest BCUT2D eigenvalue weighted by molar-refractivity contribution is 0.102. The first kappa shape index (κ1) is 33.4. The Balaban J connectivity index is 0. The van der Waals surface area contributed by atoms with Gasteiger partial charge in [0.15, 0.2) is 16.0 Å². The van der Waals surface area contributed by atoms with Gasteiger partial charge in [0.2, 0.25) is 0 Å². The third-order valence-electron chi connectivity index (χ3n) is 3.40. The summed E-state index contributed by atoms with van der Waals surface area (Å²) in [5.41, 5.74) is 17.4. The molecule has 0 saturated heterocycles. The van der Waals surface area contributed by atoms with E-state index < -0.39 is 0 Å². The summed E-state index contributed by atoms with van der Waals surface area (Å²) in [7, 11) is 3.23. The van der Waals surface area contributed by atoms with Gasteiger partial charge in [-0.05, 0) is 43.4 Å². The van der Waals surface area contributed by atoms with E-state index in [1.807, 2.05) is 35.7 Å². The third-order valence-corrected chi connectivity index (χ3v) is 4.58. The van der Waals surface area contributed by atoms with Gasteiger partial charge in [0, 0.05) is 23.1 Å². The van der Waals surface area contributed by atoms with Gasteiger partial charge in [-0.1, -0.05) is 47.6 Å². The Morgan fingerprint density at radius 1 is 1.12 bits per heavy atom. The molecule has 0 radical (unpaired) electrons. The molecule has 0 aliphatic carbocycles. The molecular weight excluding hydrogens is 540 g/mol. The van der Waals surface area contributed by atoms with Crippen LogP contribution in [-0.2, 0) is 0 Å². The molecule has 188 valence electrons. The number of nitrogens with two attached hydrogens (primary N) is 3. The van der Waals surface area contributed by atoms with Crippen molar-refractivity contribution in [1.29, 1.82) is 0 Å². The van der Waals surface area contributed by atoms with Gasteiger partial charge in [-0.3, -0.25) is 4.79 Å². The van der Waals surface area contributed by atoms with Crippen LogP contribution in [0.15, 0.2) is 53.9 Å². The Labute approximate surface area is 219 Å². The minimum atomic E-state index is 0. The van der Waals surface area contributed by atoms with E-state index in [1.54, 1.807) is 39.3 Å². The molecule has 3 rings (SSSR count). The lowest BCUT2D eigenvalue weighted by Gasteiger charge is -2.01. The number of anilines is 1. The fraction of sp³-hybridized carbons (Fsp3) is 0.261. The SMILES string of the molecule is C.CCO.COc1cccc(-c2csc(N)n2)c1.COc1cccc(C(=O)CBr)c1.NC(N)=S. The van der Waals surface area contributed by atoms with Crippen LogP contribution in [0.25, 0.3) is 11.3 Å². The monoisotopic (exact) mass is 572 g/mol. The number of carbonyl (C=O) groups is 1. The number of alkyl halides is 1. The van der Waals surface area contributed by atoms with Crippen molar-refractivity contribution in [3.8, 4) is 22.8 Å². The summed E-state index contributed by atoms with van der Waals surface area (Å²) in [6.45, 7) is 1.93. The number of ketones is 1. The van der Waals surface area contributed by atoms with Crippen molar-refractivity contribution >= 4 is 55.5 Å². The highest BCUT2D eigenvalue weighted by Crippen LogP contribution is 2.25. The van der Waals surface area contributed by atoms with Crippen LogP contribution in [0.3, 0.4) is 0 Å². The molecule has 0 atom stereocenters. The van der Waals surface area contributed by atoms with Crippen LogP contribution >= 0.6 is 39.5 Å². The van der Waals surface area contributed by atoms with Crippen LogP contribution < -0.4 is 26.7 Å². The minimum Gasteiger partial charge on any atom is -0.497 e. The molecule has 0 amide bonds. The van der Waals surface area contributed by atoms with Gasteiger partial charge in [-0.15, -0.1) is 11.3 Å². The normalized spacial score (nSPS) is 8.74. The van der Waals surface area contributed by atoms with Crippen LogP contribution in [0.4, 0.5) is 5.13 Å². The average Bonchev–Trinajstić information content (AvgIpc) is 3.25. The molecule has 1 heterocycles. The van der Waals surface area contributed by atoms with Crippen molar-refractivity contribution in [1.82, 2.24) is 4.98 Å². The average molecular weight is 574 g/mol. The van der Waals surface area contributed by atoms with E-state index >= 15 is 0 Å². The van der Waals surface area contributed by atoms with Gasteiger partial charge in [0.25, 0.3) is 0 Å². The first-order chi connectivity index (χ1) is 15.7. The molecule has 3 aromatic rings. The van der Waals surface area contributed by atoms with E-state index in [2.05, 4.69) is 44.6 Å². The van der Waals surface area contributed by atoms with Crippen molar-refractivity contribution < 1.29 is 19.4 Å². The molecule has 8 nitrogen and oxygen atoms in total. The predicted octanol–water partition coefficient (Wildman–Crippen LogP) is 4.50. The Kier molecular flexibility index (Phi) is 19.4. The number of hydrogen-bond donors (Lipinski definition) is 4. The second-order valence-corrected chi connectivity index (χ2v) is 7.73. The molecule has 0 unspecified atom stereocenters. The number of methoxy groups -OCH3 is 2. The number of thiocarbonyl (C=S) groups is 1. The zero-order valence-electron chi connectivity index (χ0n) is 18.7. The maximum atomic E-state index is 11.2. The maximum absolute atomic E-state index is 11.2. The molecule has 0 aliphatic heterocycles. The van der Waals surface area contributed by atoms with E-state index in [0.717, 1.165) is 17.0 Å². The van der Waals surface area contributed by atoms with E-state index in [0.29, 0.717) is 21.8 Å². The van der Waals surface area contributed by atoms with Crippen LogP contribution in [0.1, 0.15) is 24.7 Å². The number of hydrogen-bond acceptors (Lipinski definition) is 8. The highest BCUT2D eigenvalue weighted by molar-refractivity contribution is 9.09. The summed E-state index contributed by atoms with van der Waals surface area (Å²) in [4.78, 5) is 15.4. The number of Topliss-reactive ketones (excluding diaryl/α,β-unsaturated/α-hetero) is 1. The number of aliphatic hydroxyl groups excluding tert-OH is 1. The quantitative estimate of drug-likeness (QED) is 0.197. The van der Waals surface area contributed by atoms with Crippen LogP contribution in [-0.4, -0.2) is 47.1 Å². The van der Waals surface area contributed by atoms with Gasteiger partial charge >= 0.3 is 0 Å². The number of rotatable bonds is 5. The number of aliphatic hydroxyl groups is 1. The van der Waals surface area contributed by atoms with Gasteiger partial charge in [-0.2, -0.15) is 0 Å². The molecule has 11 heteroatoms. The molecule has 7 N–H and O–H groups in total. The summed E-state index contributed by atoms with van der Waals surface area (Å²) in [6.07, 6.45) is 0. The number of aromatic nitrogens is 1. The topological polar surface area (TPSA) is 147 Å². The Bertz CT molecular complexity index is 983. The van der Waals surface area contributed by atoms with Crippen LogP contribution in [0.2, 0.25) is 0 Å². The summed E-state index contributed by atoms with van der Waals surface area (Å²) < 4.78 is 10.1. The highest BCUT2D eigenvalue weighted by atomic mass is 79.9. The Morgan fingerprint density at radius 3 is 2.06 bits per heavy atom. The van der Waals surface area contributed by atoms with Crippen LogP contribution in [0.5, 0.6) is 11.5 Å². The van der Waals surface area contributed by atoms with E-state index in [9.17, 15) is 4.79 Å². The van der Waals surface area contributed by atoms with Crippen molar-refractivity contribution in [2.45, 2.75) is 14.4 Å². The second-order valence-electron chi connectivity index (χ2n) is 5.81. The Hall–Kier alpha value is -2.73. The number of nitrogen functional groups attached to an aromatic ring is 1. The van der Waals surface area contributed by atoms with Gasteiger partial charge in [-0.25, -0.2) is 4.98 Å². The van der Waals surface area contributed by atoms with Crippen molar-refractivity contribution in [2.75, 3.05) is 31.9 Å². The number of nitrogens with zero attached hydrogens (tertiary/aromatic N) is 1. The zero-order valence-corrected chi connectivity index (χ0v) is 21.9. The summed E-state index contributed by atoms with van der Waals surface area (Å²) in [6, 6.07) is 14.9. The molecule has 0 bridgehead atoms.